The molecule has 7 heteroatoms. The lowest BCUT2D eigenvalue weighted by molar-refractivity contribution is 0.160. The Kier molecular flexibility index (Phi) is 5.82. The maximum absolute atomic E-state index is 12.6. The molecule has 2 heterocycles. The zero-order valence-corrected chi connectivity index (χ0v) is 16.1. The number of nitrogens with one attached hydrogen (secondary N) is 1. The second kappa shape index (κ2) is 8.28. The number of carbonyl (C=O) groups is 1. The van der Waals surface area contributed by atoms with Gasteiger partial charge in [0.25, 0.3) is 0 Å². The summed E-state index contributed by atoms with van der Waals surface area (Å²) in [6, 6.07) is 13.3. The Morgan fingerprint density at radius 3 is 2.78 bits per heavy atom. The molecule has 0 saturated carbocycles. The van der Waals surface area contributed by atoms with E-state index in [-0.39, 0.29) is 18.1 Å². The van der Waals surface area contributed by atoms with Crippen LogP contribution in [0.4, 0.5) is 10.5 Å². The number of anilines is 1. The van der Waals surface area contributed by atoms with E-state index < -0.39 is 0 Å². The SMILES string of the molecule is C[C@@H]1CN(c2ccc(C#N)c(Cl)c2)[C@@H](C)CN1C(=O)NCc1ccccn1. The van der Waals surface area contributed by atoms with Crippen LogP contribution in [0.25, 0.3) is 0 Å². The van der Waals surface area contributed by atoms with E-state index in [2.05, 4.69) is 28.2 Å². The maximum atomic E-state index is 12.6. The Balaban J connectivity index is 1.65. The quantitative estimate of drug-likeness (QED) is 0.881. The first-order chi connectivity index (χ1) is 13.0. The summed E-state index contributed by atoms with van der Waals surface area (Å²) in [4.78, 5) is 20.9. The minimum atomic E-state index is -0.0856. The van der Waals surface area contributed by atoms with Crippen molar-refractivity contribution in [3.05, 3.63) is 58.9 Å². The molecule has 1 aromatic carbocycles. The summed E-state index contributed by atoms with van der Waals surface area (Å²) in [5, 5.41) is 12.4. The number of halogens is 1. The topological polar surface area (TPSA) is 72.3 Å². The second-order valence-corrected chi connectivity index (χ2v) is 7.17. The van der Waals surface area contributed by atoms with E-state index in [1.54, 1.807) is 12.3 Å². The summed E-state index contributed by atoms with van der Waals surface area (Å²) in [7, 11) is 0. The smallest absolute Gasteiger partial charge is 0.318 e. The van der Waals surface area contributed by atoms with Crippen LogP contribution in [0.5, 0.6) is 0 Å². The molecule has 1 fully saturated rings. The predicted molar refractivity (Wildman–Crippen MR) is 106 cm³/mol. The third-order valence-electron chi connectivity index (χ3n) is 4.80. The minimum Gasteiger partial charge on any atom is -0.365 e. The van der Waals surface area contributed by atoms with Crippen LogP contribution in [0, 0.1) is 11.3 Å². The van der Waals surface area contributed by atoms with Gasteiger partial charge in [-0.05, 0) is 44.2 Å². The van der Waals surface area contributed by atoms with E-state index in [1.165, 1.54) is 0 Å². The largest absolute Gasteiger partial charge is 0.365 e. The molecule has 3 rings (SSSR count). The Morgan fingerprint density at radius 1 is 1.30 bits per heavy atom. The monoisotopic (exact) mass is 383 g/mol. The number of piperazine rings is 1. The Morgan fingerprint density at radius 2 is 2.11 bits per heavy atom. The molecular weight excluding hydrogens is 362 g/mol. The van der Waals surface area contributed by atoms with Gasteiger partial charge in [-0.3, -0.25) is 4.98 Å². The molecule has 1 aliphatic rings. The van der Waals surface area contributed by atoms with Crippen LogP contribution in [0.3, 0.4) is 0 Å². The molecule has 0 spiro atoms. The highest BCUT2D eigenvalue weighted by atomic mass is 35.5. The predicted octanol–water partition coefficient (Wildman–Crippen LogP) is 3.42. The summed E-state index contributed by atoms with van der Waals surface area (Å²) in [5.41, 5.74) is 2.26. The Bertz CT molecular complexity index is 851. The van der Waals surface area contributed by atoms with Gasteiger partial charge in [-0.2, -0.15) is 5.26 Å². The van der Waals surface area contributed by atoms with Crippen molar-refractivity contribution in [3.8, 4) is 6.07 Å². The average molecular weight is 384 g/mol. The molecule has 0 unspecified atom stereocenters. The molecule has 2 atom stereocenters. The molecule has 1 aliphatic heterocycles. The molecule has 0 radical (unpaired) electrons. The number of amides is 2. The van der Waals surface area contributed by atoms with Gasteiger partial charge < -0.3 is 15.1 Å². The van der Waals surface area contributed by atoms with Crippen LogP contribution < -0.4 is 10.2 Å². The van der Waals surface area contributed by atoms with Gasteiger partial charge in [0.15, 0.2) is 0 Å². The second-order valence-electron chi connectivity index (χ2n) is 6.76. The molecule has 2 amide bonds. The van der Waals surface area contributed by atoms with Gasteiger partial charge in [-0.1, -0.05) is 17.7 Å². The van der Waals surface area contributed by atoms with Crippen molar-refractivity contribution in [2.45, 2.75) is 32.5 Å². The molecule has 0 aliphatic carbocycles. The van der Waals surface area contributed by atoms with Crippen LogP contribution in [-0.4, -0.2) is 41.1 Å². The molecule has 140 valence electrons. The number of pyridine rings is 1. The number of aromatic nitrogens is 1. The molecule has 27 heavy (non-hydrogen) atoms. The first-order valence-electron chi connectivity index (χ1n) is 8.90. The summed E-state index contributed by atoms with van der Waals surface area (Å²) < 4.78 is 0. The summed E-state index contributed by atoms with van der Waals surface area (Å²) in [6.45, 7) is 5.82. The van der Waals surface area contributed by atoms with Crippen LogP contribution in [0.2, 0.25) is 5.02 Å². The van der Waals surface area contributed by atoms with Crippen molar-refractivity contribution in [2.24, 2.45) is 0 Å². The van der Waals surface area contributed by atoms with Gasteiger partial charge in [0, 0.05) is 37.1 Å². The molecule has 6 nitrogen and oxygen atoms in total. The Hall–Kier alpha value is -2.78. The van der Waals surface area contributed by atoms with Crippen molar-refractivity contribution in [1.82, 2.24) is 15.2 Å². The van der Waals surface area contributed by atoms with Crippen molar-refractivity contribution in [3.63, 3.8) is 0 Å². The number of hydrogen-bond donors (Lipinski definition) is 1. The fourth-order valence-corrected chi connectivity index (χ4v) is 3.53. The third kappa shape index (κ3) is 4.32. The summed E-state index contributed by atoms with van der Waals surface area (Å²) in [5.74, 6) is 0. The number of nitrogens with zero attached hydrogens (tertiary/aromatic N) is 4. The van der Waals surface area contributed by atoms with Gasteiger partial charge in [0.2, 0.25) is 0 Å². The molecular formula is C20H22ClN5O. The fraction of sp³-hybridized carbons (Fsp3) is 0.350. The first kappa shape index (κ1) is 19.0. The van der Waals surface area contributed by atoms with Gasteiger partial charge in [0.1, 0.15) is 6.07 Å². The summed E-state index contributed by atoms with van der Waals surface area (Å²) >= 11 is 6.18. The van der Waals surface area contributed by atoms with E-state index in [0.717, 1.165) is 11.4 Å². The van der Waals surface area contributed by atoms with E-state index >= 15 is 0 Å². The van der Waals surface area contributed by atoms with Crippen molar-refractivity contribution in [1.29, 1.82) is 5.26 Å². The van der Waals surface area contributed by atoms with Crippen LogP contribution >= 0.6 is 11.6 Å². The highest BCUT2D eigenvalue weighted by Crippen LogP contribution is 2.27. The highest BCUT2D eigenvalue weighted by molar-refractivity contribution is 6.32. The van der Waals surface area contributed by atoms with Gasteiger partial charge in [0.05, 0.1) is 22.8 Å². The minimum absolute atomic E-state index is 0.0411. The molecule has 2 aromatic rings. The van der Waals surface area contributed by atoms with Crippen LogP contribution in [-0.2, 0) is 6.54 Å². The van der Waals surface area contributed by atoms with Crippen LogP contribution in [0.1, 0.15) is 25.1 Å². The number of hydrogen-bond acceptors (Lipinski definition) is 4. The lowest BCUT2D eigenvalue weighted by Crippen LogP contribution is -2.60. The lowest BCUT2D eigenvalue weighted by atomic mass is 10.1. The normalized spacial score (nSPS) is 19.5. The van der Waals surface area contributed by atoms with Crippen LogP contribution in [0.15, 0.2) is 42.6 Å². The number of urea groups is 1. The maximum Gasteiger partial charge on any atom is 0.318 e. The zero-order chi connectivity index (χ0) is 19.4. The van der Waals surface area contributed by atoms with E-state index in [4.69, 9.17) is 16.9 Å². The van der Waals surface area contributed by atoms with Crippen molar-refractivity contribution < 1.29 is 4.79 Å². The van der Waals surface area contributed by atoms with Gasteiger partial charge in [-0.25, -0.2) is 4.79 Å². The first-order valence-corrected chi connectivity index (χ1v) is 9.28. The lowest BCUT2D eigenvalue weighted by Gasteiger charge is -2.45. The number of nitriles is 1. The van der Waals surface area contributed by atoms with Gasteiger partial charge >= 0.3 is 6.03 Å². The zero-order valence-electron chi connectivity index (χ0n) is 15.4. The molecule has 1 aromatic heterocycles. The molecule has 1 saturated heterocycles. The number of carbonyl (C=O) groups excluding carboxylic acids is 1. The van der Waals surface area contributed by atoms with Crippen molar-refractivity contribution >= 4 is 23.3 Å². The summed E-state index contributed by atoms with van der Waals surface area (Å²) in [6.07, 6.45) is 1.72. The van der Waals surface area contributed by atoms with E-state index in [9.17, 15) is 4.79 Å². The average Bonchev–Trinajstić information content (AvgIpc) is 2.68. The van der Waals surface area contributed by atoms with E-state index in [1.807, 2.05) is 42.2 Å². The van der Waals surface area contributed by atoms with E-state index in [0.29, 0.717) is 30.2 Å². The highest BCUT2D eigenvalue weighted by Gasteiger charge is 2.32. The molecule has 1 N–H and O–H groups in total. The number of rotatable bonds is 3. The Labute approximate surface area is 164 Å². The van der Waals surface area contributed by atoms with Gasteiger partial charge in [-0.15, -0.1) is 0 Å². The molecule has 0 bridgehead atoms. The fourth-order valence-electron chi connectivity index (χ4n) is 3.31. The number of benzene rings is 1. The third-order valence-corrected chi connectivity index (χ3v) is 5.11. The standard InChI is InChI=1S/C20H22ClN5O/c1-14-13-26(20(27)24-11-17-5-3-4-8-23-17)15(2)12-25(14)18-7-6-16(10-22)19(21)9-18/h3-9,14-15H,11-13H2,1-2H3,(H,24,27)/t14-,15+/m0/s1. The van der Waals surface area contributed by atoms with Crippen molar-refractivity contribution in [2.75, 3.05) is 18.0 Å².